The molecule has 2 rings (SSSR count). The zero-order valence-corrected chi connectivity index (χ0v) is 12.2. The Balaban J connectivity index is 1.96. The number of hydrogen-bond donors (Lipinski definition) is 2. The molecule has 110 valence electrons. The first kappa shape index (κ1) is 15.5. The fraction of sp³-hybridized carbons (Fsp3) is 0.188. The standard InChI is InChI=1S/C16H16ClFN2O/c17-14-9-12(3-6-15(14)18)10-20-16(21)13-4-1-11(2-5-13)7-8-19/h1-6,9H,7-8,10,19H2,(H,20,21). The second-order valence-corrected chi connectivity index (χ2v) is 5.07. The Morgan fingerprint density at radius 3 is 2.43 bits per heavy atom. The summed E-state index contributed by atoms with van der Waals surface area (Å²) >= 11 is 5.70. The van der Waals surface area contributed by atoms with Gasteiger partial charge in [0, 0.05) is 12.1 Å². The van der Waals surface area contributed by atoms with Gasteiger partial charge in [0.15, 0.2) is 0 Å². The molecule has 2 aromatic rings. The summed E-state index contributed by atoms with van der Waals surface area (Å²) in [7, 11) is 0. The van der Waals surface area contributed by atoms with Crippen LogP contribution in [0, 0.1) is 5.82 Å². The smallest absolute Gasteiger partial charge is 0.251 e. The highest BCUT2D eigenvalue weighted by atomic mass is 35.5. The number of halogens is 2. The molecule has 0 spiro atoms. The highest BCUT2D eigenvalue weighted by Crippen LogP contribution is 2.16. The van der Waals surface area contributed by atoms with Crippen molar-refractivity contribution >= 4 is 17.5 Å². The molecule has 5 heteroatoms. The molecule has 0 saturated heterocycles. The largest absolute Gasteiger partial charge is 0.348 e. The van der Waals surface area contributed by atoms with Gasteiger partial charge in [-0.1, -0.05) is 29.8 Å². The average molecular weight is 307 g/mol. The van der Waals surface area contributed by atoms with Crippen LogP contribution in [0.1, 0.15) is 21.5 Å². The highest BCUT2D eigenvalue weighted by Gasteiger charge is 2.06. The summed E-state index contributed by atoms with van der Waals surface area (Å²) in [6.45, 7) is 0.875. The molecule has 1 amide bonds. The molecule has 0 aliphatic rings. The van der Waals surface area contributed by atoms with Crippen LogP contribution in [-0.2, 0) is 13.0 Å². The first-order valence-electron chi connectivity index (χ1n) is 6.61. The molecule has 0 heterocycles. The fourth-order valence-electron chi connectivity index (χ4n) is 1.92. The molecule has 2 aromatic carbocycles. The number of carbonyl (C=O) groups is 1. The van der Waals surface area contributed by atoms with Gasteiger partial charge >= 0.3 is 0 Å². The minimum absolute atomic E-state index is 0.0490. The maximum atomic E-state index is 13.0. The molecule has 3 nitrogen and oxygen atoms in total. The highest BCUT2D eigenvalue weighted by molar-refractivity contribution is 6.30. The van der Waals surface area contributed by atoms with Crippen molar-refractivity contribution in [1.29, 1.82) is 0 Å². The minimum atomic E-state index is -0.470. The van der Waals surface area contributed by atoms with Gasteiger partial charge in [-0.15, -0.1) is 0 Å². The van der Waals surface area contributed by atoms with Gasteiger partial charge in [-0.2, -0.15) is 0 Å². The van der Waals surface area contributed by atoms with Crippen LogP contribution < -0.4 is 11.1 Å². The van der Waals surface area contributed by atoms with Crippen LogP contribution in [0.25, 0.3) is 0 Å². The van der Waals surface area contributed by atoms with E-state index in [9.17, 15) is 9.18 Å². The van der Waals surface area contributed by atoms with Crippen molar-refractivity contribution < 1.29 is 9.18 Å². The molecular weight excluding hydrogens is 291 g/mol. The summed E-state index contributed by atoms with van der Waals surface area (Å²) in [5, 5.41) is 2.82. The van der Waals surface area contributed by atoms with Crippen LogP contribution in [0.4, 0.5) is 4.39 Å². The van der Waals surface area contributed by atoms with E-state index in [1.54, 1.807) is 18.2 Å². The summed E-state index contributed by atoms with van der Waals surface area (Å²) in [5.41, 5.74) is 7.89. The van der Waals surface area contributed by atoms with Crippen molar-refractivity contribution in [3.8, 4) is 0 Å². The van der Waals surface area contributed by atoms with E-state index >= 15 is 0 Å². The third-order valence-corrected chi connectivity index (χ3v) is 3.38. The minimum Gasteiger partial charge on any atom is -0.348 e. The normalized spacial score (nSPS) is 10.4. The summed E-state index contributed by atoms with van der Waals surface area (Å²) in [6.07, 6.45) is 0.788. The van der Waals surface area contributed by atoms with Crippen molar-refractivity contribution in [2.45, 2.75) is 13.0 Å². The van der Waals surface area contributed by atoms with Crippen molar-refractivity contribution in [3.05, 3.63) is 70.0 Å². The van der Waals surface area contributed by atoms with Crippen LogP contribution in [-0.4, -0.2) is 12.5 Å². The molecule has 0 unspecified atom stereocenters. The van der Waals surface area contributed by atoms with Crippen LogP contribution in [0.15, 0.2) is 42.5 Å². The van der Waals surface area contributed by atoms with Crippen molar-refractivity contribution in [1.82, 2.24) is 5.32 Å². The second kappa shape index (κ2) is 7.20. The third kappa shape index (κ3) is 4.28. The molecule has 0 saturated carbocycles. The number of nitrogens with one attached hydrogen (secondary N) is 1. The lowest BCUT2D eigenvalue weighted by atomic mass is 10.1. The maximum Gasteiger partial charge on any atom is 0.251 e. The van der Waals surface area contributed by atoms with Crippen LogP contribution >= 0.6 is 11.6 Å². The van der Waals surface area contributed by atoms with E-state index in [1.165, 1.54) is 12.1 Å². The number of amides is 1. The van der Waals surface area contributed by atoms with Gasteiger partial charge < -0.3 is 11.1 Å². The van der Waals surface area contributed by atoms with E-state index in [0.717, 1.165) is 17.5 Å². The van der Waals surface area contributed by atoms with E-state index in [1.807, 2.05) is 12.1 Å². The average Bonchev–Trinajstić information content (AvgIpc) is 2.49. The Hall–Kier alpha value is -1.91. The Kier molecular flexibility index (Phi) is 5.31. The zero-order valence-electron chi connectivity index (χ0n) is 11.4. The topological polar surface area (TPSA) is 55.1 Å². The molecule has 0 aliphatic heterocycles. The lowest BCUT2D eigenvalue weighted by Crippen LogP contribution is -2.22. The van der Waals surface area contributed by atoms with Crippen molar-refractivity contribution in [2.75, 3.05) is 6.54 Å². The summed E-state index contributed by atoms with van der Waals surface area (Å²) in [5.74, 6) is -0.656. The fourth-order valence-corrected chi connectivity index (χ4v) is 2.13. The van der Waals surface area contributed by atoms with Gasteiger partial charge in [-0.3, -0.25) is 4.79 Å². The van der Waals surface area contributed by atoms with Crippen molar-refractivity contribution in [2.24, 2.45) is 5.73 Å². The van der Waals surface area contributed by atoms with E-state index in [0.29, 0.717) is 18.7 Å². The summed E-state index contributed by atoms with van der Waals surface area (Å²) in [4.78, 5) is 12.0. The van der Waals surface area contributed by atoms with Crippen LogP contribution in [0.5, 0.6) is 0 Å². The van der Waals surface area contributed by atoms with Gasteiger partial charge in [0.05, 0.1) is 5.02 Å². The number of benzene rings is 2. The van der Waals surface area contributed by atoms with E-state index in [-0.39, 0.29) is 10.9 Å². The molecule has 3 N–H and O–H groups in total. The number of hydrogen-bond acceptors (Lipinski definition) is 2. The van der Waals surface area contributed by atoms with Gasteiger partial charge in [0.2, 0.25) is 0 Å². The monoisotopic (exact) mass is 306 g/mol. The summed E-state index contributed by atoms with van der Waals surface area (Å²) < 4.78 is 13.0. The quantitative estimate of drug-likeness (QED) is 0.892. The van der Waals surface area contributed by atoms with Gasteiger partial charge in [0.25, 0.3) is 5.91 Å². The van der Waals surface area contributed by atoms with E-state index in [4.69, 9.17) is 17.3 Å². The molecule has 0 fully saturated rings. The van der Waals surface area contributed by atoms with Gasteiger partial charge in [-0.05, 0) is 48.4 Å². The Morgan fingerprint density at radius 2 is 1.81 bits per heavy atom. The SMILES string of the molecule is NCCc1ccc(C(=O)NCc2ccc(F)c(Cl)c2)cc1. The molecule has 0 bridgehead atoms. The van der Waals surface area contributed by atoms with Crippen LogP contribution in [0.3, 0.4) is 0 Å². The lowest BCUT2D eigenvalue weighted by molar-refractivity contribution is 0.0951. The number of carbonyl (C=O) groups excluding carboxylic acids is 1. The van der Waals surface area contributed by atoms with Gasteiger partial charge in [0.1, 0.15) is 5.82 Å². The second-order valence-electron chi connectivity index (χ2n) is 4.67. The molecule has 0 radical (unpaired) electrons. The van der Waals surface area contributed by atoms with E-state index in [2.05, 4.69) is 5.32 Å². The van der Waals surface area contributed by atoms with E-state index < -0.39 is 5.82 Å². The summed E-state index contributed by atoms with van der Waals surface area (Å²) in [6, 6.07) is 11.7. The Morgan fingerprint density at radius 1 is 1.14 bits per heavy atom. The first-order valence-corrected chi connectivity index (χ1v) is 6.99. The molecule has 0 aromatic heterocycles. The predicted molar refractivity (Wildman–Crippen MR) is 81.8 cm³/mol. The molecule has 21 heavy (non-hydrogen) atoms. The Bertz CT molecular complexity index is 629. The predicted octanol–water partition coefficient (Wildman–Crippen LogP) is 2.91. The maximum absolute atomic E-state index is 13.0. The third-order valence-electron chi connectivity index (χ3n) is 3.09. The molecular formula is C16H16ClFN2O. The van der Waals surface area contributed by atoms with Crippen molar-refractivity contribution in [3.63, 3.8) is 0 Å². The molecule has 0 aliphatic carbocycles. The zero-order chi connectivity index (χ0) is 15.2. The molecule has 0 atom stereocenters. The lowest BCUT2D eigenvalue weighted by Gasteiger charge is -2.07. The van der Waals surface area contributed by atoms with Gasteiger partial charge in [-0.25, -0.2) is 4.39 Å². The number of rotatable bonds is 5. The number of nitrogens with two attached hydrogens (primary N) is 1. The first-order chi connectivity index (χ1) is 10.1. The Labute approximate surface area is 127 Å². The van der Waals surface area contributed by atoms with Crippen LogP contribution in [0.2, 0.25) is 5.02 Å².